The lowest BCUT2D eigenvalue weighted by molar-refractivity contribution is -0.150. The summed E-state index contributed by atoms with van der Waals surface area (Å²) in [6, 6.07) is -0.554. The van der Waals surface area contributed by atoms with Crippen LogP contribution in [0.5, 0.6) is 0 Å². The number of rotatable bonds is 2. The second kappa shape index (κ2) is 3.72. The van der Waals surface area contributed by atoms with Crippen LogP contribution in [0, 0.1) is 23.2 Å². The van der Waals surface area contributed by atoms with Crippen LogP contribution >= 0.6 is 0 Å². The number of carboxylic acids is 1. The Kier molecular flexibility index (Phi) is 2.48. The molecule has 100 valence electrons. The fourth-order valence-electron chi connectivity index (χ4n) is 3.94. The molecule has 18 heavy (non-hydrogen) atoms. The quantitative estimate of drug-likeness (QED) is 0.813. The Morgan fingerprint density at radius 2 is 1.94 bits per heavy atom. The molecule has 3 unspecified atom stereocenters. The summed E-state index contributed by atoms with van der Waals surface area (Å²) in [7, 11) is 0. The Labute approximate surface area is 107 Å². The van der Waals surface area contributed by atoms with Gasteiger partial charge in [-0.05, 0) is 36.5 Å². The third-order valence-corrected chi connectivity index (χ3v) is 5.24. The van der Waals surface area contributed by atoms with Crippen molar-refractivity contribution in [1.82, 2.24) is 4.90 Å². The molecule has 0 spiro atoms. The minimum absolute atomic E-state index is 0.0539. The number of nitrogens with zero attached hydrogens (tertiary/aromatic N) is 1. The van der Waals surface area contributed by atoms with Crippen LogP contribution in [0.2, 0.25) is 0 Å². The van der Waals surface area contributed by atoms with E-state index in [1.807, 2.05) is 0 Å². The second-order valence-electron chi connectivity index (χ2n) is 6.87. The molecule has 3 fully saturated rings. The third kappa shape index (κ3) is 1.65. The molecule has 1 saturated heterocycles. The van der Waals surface area contributed by atoms with Crippen LogP contribution in [0.1, 0.15) is 39.5 Å². The zero-order valence-corrected chi connectivity index (χ0v) is 11.1. The van der Waals surface area contributed by atoms with E-state index < -0.39 is 12.0 Å². The van der Waals surface area contributed by atoms with Crippen molar-refractivity contribution in [3.63, 3.8) is 0 Å². The Bertz CT molecular complexity index is 404. The molecule has 0 aromatic carbocycles. The van der Waals surface area contributed by atoms with Gasteiger partial charge in [0, 0.05) is 12.5 Å². The zero-order valence-electron chi connectivity index (χ0n) is 11.1. The van der Waals surface area contributed by atoms with Crippen LogP contribution in [0.3, 0.4) is 0 Å². The molecule has 1 amide bonds. The summed E-state index contributed by atoms with van der Waals surface area (Å²) in [5.74, 6) is -0.0404. The smallest absolute Gasteiger partial charge is 0.326 e. The van der Waals surface area contributed by atoms with Gasteiger partial charge in [0.2, 0.25) is 5.91 Å². The number of likely N-dealkylation sites (tertiary alicyclic amines) is 1. The minimum atomic E-state index is -0.809. The number of fused-ring (bicyclic) bond motifs is 1. The molecule has 1 aliphatic heterocycles. The van der Waals surface area contributed by atoms with Crippen molar-refractivity contribution in [1.29, 1.82) is 0 Å². The maximum absolute atomic E-state index is 12.4. The van der Waals surface area contributed by atoms with Gasteiger partial charge in [-0.3, -0.25) is 4.79 Å². The summed E-state index contributed by atoms with van der Waals surface area (Å²) in [6.07, 6.45) is 4.09. The van der Waals surface area contributed by atoms with E-state index in [0.29, 0.717) is 12.5 Å². The molecule has 3 rings (SSSR count). The molecule has 2 saturated carbocycles. The molecular weight excluding hydrogens is 230 g/mol. The van der Waals surface area contributed by atoms with Crippen LogP contribution in [-0.2, 0) is 9.59 Å². The van der Waals surface area contributed by atoms with Crippen LogP contribution in [0.15, 0.2) is 0 Å². The molecule has 4 heteroatoms. The fourth-order valence-corrected chi connectivity index (χ4v) is 3.94. The van der Waals surface area contributed by atoms with E-state index in [0.717, 1.165) is 25.7 Å². The highest BCUT2D eigenvalue weighted by Gasteiger charge is 2.57. The molecule has 0 aromatic heterocycles. The standard InChI is InChI=1S/C14H21NO3/c1-14(2)6-10(14)12(16)15-7-8-4-3-5-9(8)11(15)13(17)18/h8-11H,3-7H2,1-2H3,(H,17,18)/t8?,9?,10-,11?/m1/s1. The molecule has 4 nitrogen and oxygen atoms in total. The number of hydrogen-bond acceptors (Lipinski definition) is 2. The number of carbonyl (C=O) groups excluding carboxylic acids is 1. The molecule has 4 atom stereocenters. The Morgan fingerprint density at radius 1 is 1.28 bits per heavy atom. The summed E-state index contributed by atoms with van der Waals surface area (Å²) < 4.78 is 0. The predicted octanol–water partition coefficient (Wildman–Crippen LogP) is 1.74. The van der Waals surface area contributed by atoms with Gasteiger partial charge in [-0.2, -0.15) is 0 Å². The van der Waals surface area contributed by atoms with Crippen LogP contribution in [0.25, 0.3) is 0 Å². The highest BCUT2D eigenvalue weighted by molar-refractivity contribution is 5.88. The van der Waals surface area contributed by atoms with Crippen molar-refractivity contribution in [2.75, 3.05) is 6.54 Å². The van der Waals surface area contributed by atoms with Gasteiger partial charge in [0.15, 0.2) is 0 Å². The van der Waals surface area contributed by atoms with Gasteiger partial charge in [-0.1, -0.05) is 20.3 Å². The van der Waals surface area contributed by atoms with Gasteiger partial charge < -0.3 is 10.0 Å². The lowest BCUT2D eigenvalue weighted by Crippen LogP contribution is -2.44. The zero-order chi connectivity index (χ0) is 13.1. The van der Waals surface area contributed by atoms with Crippen molar-refractivity contribution >= 4 is 11.9 Å². The third-order valence-electron chi connectivity index (χ3n) is 5.24. The van der Waals surface area contributed by atoms with Gasteiger partial charge in [-0.25, -0.2) is 4.79 Å². The molecule has 1 heterocycles. The van der Waals surface area contributed by atoms with Crippen LogP contribution in [-0.4, -0.2) is 34.5 Å². The number of carboxylic acid groups (broad SMARTS) is 1. The highest BCUT2D eigenvalue weighted by atomic mass is 16.4. The van der Waals surface area contributed by atoms with Gasteiger partial charge in [0.05, 0.1) is 0 Å². The van der Waals surface area contributed by atoms with Crippen molar-refractivity contribution < 1.29 is 14.7 Å². The lowest BCUT2D eigenvalue weighted by Gasteiger charge is -2.25. The van der Waals surface area contributed by atoms with Gasteiger partial charge in [0.25, 0.3) is 0 Å². The Hall–Kier alpha value is -1.06. The molecule has 0 aromatic rings. The first-order chi connectivity index (χ1) is 8.42. The predicted molar refractivity (Wildman–Crippen MR) is 65.9 cm³/mol. The van der Waals surface area contributed by atoms with E-state index >= 15 is 0 Å². The van der Waals surface area contributed by atoms with E-state index in [-0.39, 0.29) is 23.2 Å². The number of carbonyl (C=O) groups is 2. The summed E-state index contributed by atoms with van der Waals surface area (Å²) >= 11 is 0. The normalized spacial score (nSPS) is 40.7. The highest BCUT2D eigenvalue weighted by Crippen LogP contribution is 2.54. The van der Waals surface area contributed by atoms with E-state index in [9.17, 15) is 14.7 Å². The van der Waals surface area contributed by atoms with Gasteiger partial charge in [-0.15, -0.1) is 0 Å². The first-order valence-corrected chi connectivity index (χ1v) is 6.95. The van der Waals surface area contributed by atoms with Gasteiger partial charge >= 0.3 is 5.97 Å². The molecule has 0 bridgehead atoms. The van der Waals surface area contributed by atoms with E-state index in [1.54, 1.807) is 4.90 Å². The second-order valence-corrected chi connectivity index (χ2v) is 6.87. The van der Waals surface area contributed by atoms with E-state index in [1.165, 1.54) is 0 Å². The topological polar surface area (TPSA) is 57.6 Å². The van der Waals surface area contributed by atoms with E-state index in [2.05, 4.69) is 13.8 Å². The first-order valence-electron chi connectivity index (χ1n) is 6.95. The molecule has 2 aliphatic carbocycles. The fraction of sp³-hybridized carbons (Fsp3) is 0.857. The molecule has 1 N–H and O–H groups in total. The van der Waals surface area contributed by atoms with Crippen LogP contribution in [0.4, 0.5) is 0 Å². The average Bonchev–Trinajstić information content (AvgIpc) is 2.65. The first kappa shape index (κ1) is 12.0. The summed E-state index contributed by atoms with van der Waals surface area (Å²) in [4.78, 5) is 25.6. The summed E-state index contributed by atoms with van der Waals surface area (Å²) in [5, 5.41) is 9.42. The average molecular weight is 251 g/mol. The molecule has 3 aliphatic rings. The maximum atomic E-state index is 12.4. The number of amides is 1. The number of hydrogen-bond donors (Lipinski definition) is 1. The SMILES string of the molecule is CC1(C)C[C@@H]1C(=O)N1CC2CCCC2C1C(=O)O. The monoisotopic (exact) mass is 251 g/mol. The minimum Gasteiger partial charge on any atom is -0.480 e. The molecular formula is C14H21NO3. The lowest BCUT2D eigenvalue weighted by atomic mass is 9.94. The number of aliphatic carboxylic acids is 1. The summed E-state index contributed by atoms with van der Waals surface area (Å²) in [5.41, 5.74) is 0.0812. The van der Waals surface area contributed by atoms with Gasteiger partial charge in [0.1, 0.15) is 6.04 Å². The Morgan fingerprint density at radius 3 is 2.50 bits per heavy atom. The Balaban J connectivity index is 1.79. The maximum Gasteiger partial charge on any atom is 0.326 e. The van der Waals surface area contributed by atoms with Crippen LogP contribution < -0.4 is 0 Å². The van der Waals surface area contributed by atoms with E-state index in [4.69, 9.17) is 0 Å². The molecule has 0 radical (unpaired) electrons. The van der Waals surface area contributed by atoms with Crippen molar-refractivity contribution in [3.05, 3.63) is 0 Å². The largest absolute Gasteiger partial charge is 0.480 e. The van der Waals surface area contributed by atoms with Crippen molar-refractivity contribution in [2.24, 2.45) is 23.2 Å². The summed E-state index contributed by atoms with van der Waals surface area (Å²) in [6.45, 7) is 4.84. The van der Waals surface area contributed by atoms with Crippen molar-refractivity contribution in [2.45, 2.75) is 45.6 Å². The van der Waals surface area contributed by atoms with Crippen molar-refractivity contribution in [3.8, 4) is 0 Å².